The fraction of sp³-hybridized carbons (Fsp3) is 0.714. The van der Waals surface area contributed by atoms with Crippen molar-refractivity contribution in [3.8, 4) is 0 Å². The molecule has 1 aromatic heterocycles. The Balaban J connectivity index is 1.75. The molecule has 1 atom stereocenters. The number of thiophene rings is 1. The zero-order valence-electron chi connectivity index (χ0n) is 10.2. The second kappa shape index (κ2) is 6.41. The van der Waals surface area contributed by atoms with Gasteiger partial charge < -0.3 is 5.32 Å². The molecular weight excluding hydrogens is 214 g/mol. The van der Waals surface area contributed by atoms with Crippen molar-refractivity contribution in [1.82, 2.24) is 5.32 Å². The van der Waals surface area contributed by atoms with Gasteiger partial charge in [-0.05, 0) is 48.1 Å². The zero-order valence-corrected chi connectivity index (χ0v) is 11.1. The summed E-state index contributed by atoms with van der Waals surface area (Å²) in [5, 5.41) is 8.09. The standard InChI is InChI=1S/C14H23NS/c1-12(14-6-4-2-3-5-7-14)15-10-13-8-9-16-11-13/h8-9,11-12,14-15H,2-7,10H2,1H3/t12-/m0/s1. The molecule has 1 aromatic rings. The molecule has 90 valence electrons. The first-order chi connectivity index (χ1) is 7.86. The molecule has 16 heavy (non-hydrogen) atoms. The van der Waals surface area contributed by atoms with E-state index in [2.05, 4.69) is 29.1 Å². The first kappa shape index (κ1) is 12.1. The molecule has 2 rings (SSSR count). The first-order valence-corrected chi connectivity index (χ1v) is 7.55. The van der Waals surface area contributed by atoms with E-state index in [1.807, 2.05) is 0 Å². The Hall–Kier alpha value is -0.340. The Morgan fingerprint density at radius 2 is 2.06 bits per heavy atom. The summed E-state index contributed by atoms with van der Waals surface area (Å²) < 4.78 is 0. The van der Waals surface area contributed by atoms with Gasteiger partial charge in [0.2, 0.25) is 0 Å². The number of nitrogens with one attached hydrogen (secondary N) is 1. The average Bonchev–Trinajstić information content (AvgIpc) is 2.66. The second-order valence-corrected chi connectivity index (χ2v) is 5.83. The highest BCUT2D eigenvalue weighted by Gasteiger charge is 2.18. The zero-order chi connectivity index (χ0) is 11.2. The van der Waals surface area contributed by atoms with Gasteiger partial charge in [0.1, 0.15) is 0 Å². The van der Waals surface area contributed by atoms with Gasteiger partial charge in [-0.1, -0.05) is 25.7 Å². The van der Waals surface area contributed by atoms with E-state index in [9.17, 15) is 0 Å². The fourth-order valence-electron chi connectivity index (χ4n) is 2.65. The maximum absolute atomic E-state index is 3.69. The number of hydrogen-bond acceptors (Lipinski definition) is 2. The van der Waals surface area contributed by atoms with Crippen molar-refractivity contribution in [2.24, 2.45) is 5.92 Å². The quantitative estimate of drug-likeness (QED) is 0.774. The van der Waals surface area contributed by atoms with Crippen LogP contribution in [0.2, 0.25) is 0 Å². The van der Waals surface area contributed by atoms with E-state index in [-0.39, 0.29) is 0 Å². The first-order valence-electron chi connectivity index (χ1n) is 6.61. The van der Waals surface area contributed by atoms with Crippen LogP contribution in [0.4, 0.5) is 0 Å². The van der Waals surface area contributed by atoms with Gasteiger partial charge in [0.05, 0.1) is 0 Å². The SMILES string of the molecule is C[C@H](NCc1ccsc1)C1CCCCCC1. The van der Waals surface area contributed by atoms with Gasteiger partial charge in [0, 0.05) is 12.6 Å². The monoisotopic (exact) mass is 237 g/mol. The third-order valence-corrected chi connectivity index (χ3v) is 4.55. The molecule has 0 aromatic carbocycles. The maximum Gasteiger partial charge on any atom is 0.0216 e. The summed E-state index contributed by atoms with van der Waals surface area (Å²) in [6, 6.07) is 2.90. The summed E-state index contributed by atoms with van der Waals surface area (Å²) in [6.07, 6.45) is 8.64. The number of rotatable bonds is 4. The molecule has 1 N–H and O–H groups in total. The third-order valence-electron chi connectivity index (χ3n) is 3.82. The predicted octanol–water partition coefficient (Wildman–Crippen LogP) is 4.20. The lowest BCUT2D eigenvalue weighted by Crippen LogP contribution is -2.32. The molecule has 0 saturated heterocycles. The fourth-order valence-corrected chi connectivity index (χ4v) is 3.32. The topological polar surface area (TPSA) is 12.0 Å². The average molecular weight is 237 g/mol. The van der Waals surface area contributed by atoms with Crippen molar-refractivity contribution in [3.05, 3.63) is 22.4 Å². The van der Waals surface area contributed by atoms with Crippen LogP contribution in [0.5, 0.6) is 0 Å². The van der Waals surface area contributed by atoms with Crippen LogP contribution >= 0.6 is 11.3 Å². The molecule has 1 aliphatic carbocycles. The van der Waals surface area contributed by atoms with Crippen LogP contribution in [-0.2, 0) is 6.54 Å². The summed E-state index contributed by atoms with van der Waals surface area (Å²) in [6.45, 7) is 3.41. The molecule has 1 nitrogen and oxygen atoms in total. The van der Waals surface area contributed by atoms with Crippen LogP contribution in [0.1, 0.15) is 51.0 Å². The van der Waals surface area contributed by atoms with E-state index >= 15 is 0 Å². The molecule has 2 heteroatoms. The molecule has 0 unspecified atom stereocenters. The largest absolute Gasteiger partial charge is 0.310 e. The summed E-state index contributed by atoms with van der Waals surface area (Å²) >= 11 is 1.79. The minimum absolute atomic E-state index is 0.679. The normalized spacial score (nSPS) is 20.6. The smallest absolute Gasteiger partial charge is 0.0216 e. The summed E-state index contributed by atoms with van der Waals surface area (Å²) in [4.78, 5) is 0. The minimum atomic E-state index is 0.679. The Labute approximate surface area is 103 Å². The van der Waals surface area contributed by atoms with E-state index in [0.717, 1.165) is 12.5 Å². The van der Waals surface area contributed by atoms with Crippen molar-refractivity contribution in [2.45, 2.75) is 58.0 Å². The molecule has 1 saturated carbocycles. The van der Waals surface area contributed by atoms with Gasteiger partial charge in [-0.25, -0.2) is 0 Å². The molecule has 0 radical (unpaired) electrons. The Morgan fingerprint density at radius 3 is 2.69 bits per heavy atom. The van der Waals surface area contributed by atoms with Crippen LogP contribution in [0.25, 0.3) is 0 Å². The molecule has 1 aliphatic rings. The van der Waals surface area contributed by atoms with E-state index in [1.54, 1.807) is 11.3 Å². The molecular formula is C14H23NS. The summed E-state index contributed by atoms with van der Waals surface area (Å²) in [5.74, 6) is 0.904. The van der Waals surface area contributed by atoms with Gasteiger partial charge in [-0.3, -0.25) is 0 Å². The van der Waals surface area contributed by atoms with Crippen LogP contribution in [0.15, 0.2) is 16.8 Å². The lowest BCUT2D eigenvalue weighted by atomic mass is 9.93. The van der Waals surface area contributed by atoms with Crippen LogP contribution in [0.3, 0.4) is 0 Å². The Morgan fingerprint density at radius 1 is 1.31 bits per heavy atom. The maximum atomic E-state index is 3.69. The van der Waals surface area contributed by atoms with Gasteiger partial charge in [-0.15, -0.1) is 0 Å². The second-order valence-electron chi connectivity index (χ2n) is 5.05. The molecule has 0 amide bonds. The molecule has 0 aliphatic heterocycles. The Bertz CT molecular complexity index is 273. The van der Waals surface area contributed by atoms with Gasteiger partial charge >= 0.3 is 0 Å². The van der Waals surface area contributed by atoms with E-state index < -0.39 is 0 Å². The molecule has 1 fully saturated rings. The molecule has 0 spiro atoms. The van der Waals surface area contributed by atoms with Gasteiger partial charge in [0.15, 0.2) is 0 Å². The lowest BCUT2D eigenvalue weighted by Gasteiger charge is -2.23. The van der Waals surface area contributed by atoms with Crippen LogP contribution < -0.4 is 5.32 Å². The number of hydrogen-bond donors (Lipinski definition) is 1. The van der Waals surface area contributed by atoms with Gasteiger partial charge in [-0.2, -0.15) is 11.3 Å². The van der Waals surface area contributed by atoms with Crippen molar-refractivity contribution in [2.75, 3.05) is 0 Å². The molecule has 1 heterocycles. The van der Waals surface area contributed by atoms with Gasteiger partial charge in [0.25, 0.3) is 0 Å². The Kier molecular flexibility index (Phi) is 4.86. The van der Waals surface area contributed by atoms with Crippen molar-refractivity contribution < 1.29 is 0 Å². The van der Waals surface area contributed by atoms with E-state index in [0.29, 0.717) is 6.04 Å². The third kappa shape index (κ3) is 3.60. The minimum Gasteiger partial charge on any atom is -0.310 e. The highest BCUT2D eigenvalue weighted by Crippen LogP contribution is 2.25. The summed E-state index contributed by atoms with van der Waals surface area (Å²) in [7, 11) is 0. The van der Waals surface area contributed by atoms with E-state index in [1.165, 1.54) is 44.1 Å². The van der Waals surface area contributed by atoms with Crippen LogP contribution in [0, 0.1) is 5.92 Å². The highest BCUT2D eigenvalue weighted by molar-refractivity contribution is 7.07. The van der Waals surface area contributed by atoms with Crippen molar-refractivity contribution in [1.29, 1.82) is 0 Å². The predicted molar refractivity (Wildman–Crippen MR) is 71.8 cm³/mol. The molecule has 0 bridgehead atoms. The summed E-state index contributed by atoms with van der Waals surface area (Å²) in [5.41, 5.74) is 1.44. The van der Waals surface area contributed by atoms with E-state index in [4.69, 9.17) is 0 Å². The van der Waals surface area contributed by atoms with Crippen molar-refractivity contribution >= 4 is 11.3 Å². The highest BCUT2D eigenvalue weighted by atomic mass is 32.1. The van der Waals surface area contributed by atoms with Crippen LogP contribution in [-0.4, -0.2) is 6.04 Å². The van der Waals surface area contributed by atoms with Crippen molar-refractivity contribution in [3.63, 3.8) is 0 Å². The lowest BCUT2D eigenvalue weighted by molar-refractivity contribution is 0.337.